The number of nitrogens with zero attached hydrogens (tertiary/aromatic N) is 2. The fourth-order valence-electron chi connectivity index (χ4n) is 1.93. The van der Waals surface area contributed by atoms with Crippen LogP contribution in [0, 0.1) is 10.1 Å². The minimum Gasteiger partial charge on any atom is -0.462 e. The summed E-state index contributed by atoms with van der Waals surface area (Å²) in [4.78, 5) is 38.8. The second-order valence-corrected chi connectivity index (χ2v) is 5.63. The van der Waals surface area contributed by atoms with E-state index in [-0.39, 0.29) is 23.0 Å². The molecule has 0 aliphatic carbocycles. The number of nitrogens with one attached hydrogen (secondary N) is 1. The Bertz CT molecular complexity index is 787. The van der Waals surface area contributed by atoms with Crippen molar-refractivity contribution in [1.29, 1.82) is 0 Å². The van der Waals surface area contributed by atoms with E-state index in [1.165, 1.54) is 24.3 Å². The first kappa shape index (κ1) is 17.5. The van der Waals surface area contributed by atoms with Crippen LogP contribution in [0.3, 0.4) is 0 Å². The number of non-ortho nitro benzene ring substituents is 1. The van der Waals surface area contributed by atoms with E-state index in [4.69, 9.17) is 4.74 Å². The predicted molar refractivity (Wildman–Crippen MR) is 88.5 cm³/mol. The number of rotatable bonds is 6. The lowest BCUT2D eigenvalue weighted by molar-refractivity contribution is -0.384. The van der Waals surface area contributed by atoms with Crippen molar-refractivity contribution < 1.29 is 19.2 Å². The van der Waals surface area contributed by atoms with Crippen molar-refractivity contribution in [2.24, 2.45) is 0 Å². The fraction of sp³-hybridized carbons (Fsp3) is 0.267. The summed E-state index contributed by atoms with van der Waals surface area (Å²) < 4.78 is 4.96. The third kappa shape index (κ3) is 3.93. The zero-order chi connectivity index (χ0) is 17.7. The molecule has 0 bridgehead atoms. The van der Waals surface area contributed by atoms with Gasteiger partial charge in [-0.15, -0.1) is 0 Å². The van der Waals surface area contributed by atoms with Crippen LogP contribution < -0.4 is 5.32 Å². The number of esters is 1. The summed E-state index contributed by atoms with van der Waals surface area (Å²) in [7, 11) is 0. The predicted octanol–water partition coefficient (Wildman–Crippen LogP) is 3.04. The quantitative estimate of drug-likeness (QED) is 0.487. The van der Waals surface area contributed by atoms with Crippen LogP contribution in [0.15, 0.2) is 24.3 Å². The van der Waals surface area contributed by atoms with E-state index in [1.54, 1.807) is 6.92 Å². The number of aromatic nitrogens is 1. The molecule has 2 aromatic rings. The molecule has 0 unspecified atom stereocenters. The standard InChI is InChI=1S/C15H15N3O5S/c1-3-11-12(14(20)23-4-2)24-15(16-11)17-13(19)9-6-5-7-10(8-9)18(21)22/h5-8H,3-4H2,1-2H3,(H,16,17,19). The number of carbonyl (C=O) groups excluding carboxylic acids is 2. The van der Waals surface area contributed by atoms with Gasteiger partial charge in [-0.05, 0) is 19.4 Å². The van der Waals surface area contributed by atoms with E-state index in [1.807, 2.05) is 6.92 Å². The third-order valence-electron chi connectivity index (χ3n) is 3.03. The number of aryl methyl sites for hydroxylation is 1. The molecular formula is C15H15N3O5S. The number of hydrogen-bond acceptors (Lipinski definition) is 7. The van der Waals surface area contributed by atoms with Crippen molar-refractivity contribution in [3.8, 4) is 0 Å². The van der Waals surface area contributed by atoms with Gasteiger partial charge in [0.25, 0.3) is 11.6 Å². The lowest BCUT2D eigenvalue weighted by atomic mass is 10.2. The molecule has 1 amide bonds. The largest absolute Gasteiger partial charge is 0.462 e. The van der Waals surface area contributed by atoms with E-state index in [0.717, 1.165) is 11.3 Å². The molecule has 0 saturated heterocycles. The first-order valence-corrected chi connectivity index (χ1v) is 8.00. The molecule has 8 nitrogen and oxygen atoms in total. The van der Waals surface area contributed by atoms with Crippen molar-refractivity contribution in [1.82, 2.24) is 4.98 Å². The van der Waals surface area contributed by atoms with Crippen LogP contribution in [0.25, 0.3) is 0 Å². The molecule has 0 fully saturated rings. The number of nitro benzene ring substituents is 1. The Morgan fingerprint density at radius 3 is 2.75 bits per heavy atom. The summed E-state index contributed by atoms with van der Waals surface area (Å²) in [6.07, 6.45) is 0.511. The van der Waals surface area contributed by atoms with Gasteiger partial charge < -0.3 is 4.74 Å². The number of hydrogen-bond donors (Lipinski definition) is 1. The van der Waals surface area contributed by atoms with Crippen LogP contribution in [-0.4, -0.2) is 28.4 Å². The number of ether oxygens (including phenoxy) is 1. The molecule has 9 heteroatoms. The van der Waals surface area contributed by atoms with E-state index in [2.05, 4.69) is 10.3 Å². The van der Waals surface area contributed by atoms with Crippen LogP contribution in [-0.2, 0) is 11.2 Å². The van der Waals surface area contributed by atoms with Crippen LogP contribution in [0.4, 0.5) is 10.8 Å². The molecule has 0 saturated carbocycles. The molecular weight excluding hydrogens is 334 g/mol. The highest BCUT2D eigenvalue weighted by Crippen LogP contribution is 2.25. The SMILES string of the molecule is CCOC(=O)c1sc(NC(=O)c2cccc([N+](=O)[O-])c2)nc1CC. The van der Waals surface area contributed by atoms with E-state index >= 15 is 0 Å². The summed E-state index contributed by atoms with van der Waals surface area (Å²) >= 11 is 1.01. The van der Waals surface area contributed by atoms with Crippen LogP contribution >= 0.6 is 11.3 Å². The Morgan fingerprint density at radius 2 is 2.12 bits per heavy atom. The maximum absolute atomic E-state index is 12.2. The Labute approximate surface area is 141 Å². The summed E-state index contributed by atoms with van der Waals surface area (Å²) in [5, 5.41) is 13.6. The molecule has 0 atom stereocenters. The molecule has 0 aliphatic rings. The number of benzene rings is 1. The van der Waals surface area contributed by atoms with Gasteiger partial charge in [0, 0.05) is 17.7 Å². The second kappa shape index (κ2) is 7.64. The van der Waals surface area contributed by atoms with Gasteiger partial charge in [0.2, 0.25) is 0 Å². The second-order valence-electron chi connectivity index (χ2n) is 4.63. The minimum atomic E-state index is -0.575. The lowest BCUT2D eigenvalue weighted by Crippen LogP contribution is -2.11. The molecule has 1 N–H and O–H groups in total. The monoisotopic (exact) mass is 349 g/mol. The number of amides is 1. The topological polar surface area (TPSA) is 111 Å². The highest BCUT2D eigenvalue weighted by Gasteiger charge is 2.20. The Balaban J connectivity index is 2.21. The van der Waals surface area contributed by atoms with Gasteiger partial charge >= 0.3 is 5.97 Å². The molecule has 1 aromatic carbocycles. The van der Waals surface area contributed by atoms with Gasteiger partial charge in [0.15, 0.2) is 5.13 Å². The summed E-state index contributed by atoms with van der Waals surface area (Å²) in [5.74, 6) is -1.02. The summed E-state index contributed by atoms with van der Waals surface area (Å²) in [6.45, 7) is 3.79. The van der Waals surface area contributed by atoms with Crippen LogP contribution in [0.1, 0.15) is 39.6 Å². The Kier molecular flexibility index (Phi) is 5.59. The summed E-state index contributed by atoms with van der Waals surface area (Å²) in [6, 6.07) is 5.36. The van der Waals surface area contributed by atoms with Crippen LogP contribution in [0.2, 0.25) is 0 Å². The fourth-order valence-corrected chi connectivity index (χ4v) is 2.87. The minimum absolute atomic E-state index is 0.134. The van der Waals surface area contributed by atoms with Crippen LogP contribution in [0.5, 0.6) is 0 Å². The van der Waals surface area contributed by atoms with Crippen molar-refractivity contribution >= 4 is 34.0 Å². The average Bonchev–Trinajstić information content (AvgIpc) is 2.98. The van der Waals surface area contributed by atoms with Gasteiger partial charge in [0.05, 0.1) is 17.2 Å². The molecule has 0 aliphatic heterocycles. The van der Waals surface area contributed by atoms with Crippen molar-refractivity contribution in [3.05, 3.63) is 50.5 Å². The maximum atomic E-state index is 12.2. The number of anilines is 1. The molecule has 0 radical (unpaired) electrons. The van der Waals surface area contributed by atoms with E-state index in [9.17, 15) is 19.7 Å². The highest BCUT2D eigenvalue weighted by molar-refractivity contribution is 7.17. The molecule has 1 heterocycles. The zero-order valence-electron chi connectivity index (χ0n) is 13.1. The number of nitro groups is 1. The van der Waals surface area contributed by atoms with Crippen molar-refractivity contribution in [3.63, 3.8) is 0 Å². The van der Waals surface area contributed by atoms with Crippen molar-refractivity contribution in [2.45, 2.75) is 20.3 Å². The van der Waals surface area contributed by atoms with E-state index in [0.29, 0.717) is 17.0 Å². The molecule has 2 rings (SSSR count). The molecule has 1 aromatic heterocycles. The first-order valence-electron chi connectivity index (χ1n) is 7.18. The van der Waals surface area contributed by atoms with Crippen molar-refractivity contribution in [2.75, 3.05) is 11.9 Å². The lowest BCUT2D eigenvalue weighted by Gasteiger charge is -2.01. The number of thiazole rings is 1. The zero-order valence-corrected chi connectivity index (χ0v) is 13.9. The molecule has 24 heavy (non-hydrogen) atoms. The Hall–Kier alpha value is -2.81. The molecule has 0 spiro atoms. The molecule has 126 valence electrons. The Morgan fingerprint density at radius 1 is 1.38 bits per heavy atom. The third-order valence-corrected chi connectivity index (χ3v) is 4.03. The van der Waals surface area contributed by atoms with E-state index < -0.39 is 16.8 Å². The van der Waals surface area contributed by atoms with Gasteiger partial charge in [-0.2, -0.15) is 0 Å². The van der Waals surface area contributed by atoms with Gasteiger partial charge in [-0.25, -0.2) is 9.78 Å². The van der Waals surface area contributed by atoms with Gasteiger partial charge in [0.1, 0.15) is 4.88 Å². The first-order chi connectivity index (χ1) is 11.5. The van der Waals surface area contributed by atoms with Gasteiger partial charge in [-0.3, -0.25) is 20.2 Å². The maximum Gasteiger partial charge on any atom is 0.350 e. The highest BCUT2D eigenvalue weighted by atomic mass is 32.1. The van der Waals surface area contributed by atoms with Gasteiger partial charge in [-0.1, -0.05) is 24.3 Å². The normalized spacial score (nSPS) is 10.2. The smallest absolute Gasteiger partial charge is 0.350 e. The average molecular weight is 349 g/mol. The summed E-state index contributed by atoms with van der Waals surface area (Å²) in [5.41, 5.74) is 0.492. The number of carbonyl (C=O) groups is 2.